The molecule has 0 saturated carbocycles. The van der Waals surface area contributed by atoms with Crippen molar-refractivity contribution in [1.29, 1.82) is 0 Å². The van der Waals surface area contributed by atoms with Crippen molar-refractivity contribution in [3.05, 3.63) is 84.2 Å². The lowest BCUT2D eigenvalue weighted by molar-refractivity contribution is 0.601. The van der Waals surface area contributed by atoms with Gasteiger partial charge in [0.05, 0.1) is 4.90 Å². The third-order valence-corrected chi connectivity index (χ3v) is 5.02. The zero-order chi connectivity index (χ0) is 17.2. The quantitative estimate of drug-likeness (QED) is 0.754. The number of hydrogen-bond acceptors (Lipinski definition) is 2. The van der Waals surface area contributed by atoms with E-state index < -0.39 is 10.0 Å². The molecule has 0 heterocycles. The van der Waals surface area contributed by atoms with Crippen molar-refractivity contribution in [2.45, 2.75) is 11.8 Å². The van der Waals surface area contributed by atoms with E-state index in [-0.39, 0.29) is 10.7 Å². The predicted molar refractivity (Wildman–Crippen MR) is 93.8 cm³/mol. The second kappa shape index (κ2) is 6.45. The molecule has 0 unspecified atom stereocenters. The van der Waals surface area contributed by atoms with Gasteiger partial charge in [0.1, 0.15) is 5.82 Å². The molecule has 0 bridgehead atoms. The molecule has 0 aromatic heterocycles. The van der Waals surface area contributed by atoms with Crippen molar-refractivity contribution in [2.75, 3.05) is 4.72 Å². The summed E-state index contributed by atoms with van der Waals surface area (Å²) in [6.45, 7) is 1.90. The highest BCUT2D eigenvalue weighted by Crippen LogP contribution is 2.24. The van der Waals surface area contributed by atoms with Gasteiger partial charge in [0, 0.05) is 5.69 Å². The van der Waals surface area contributed by atoms with Gasteiger partial charge in [-0.1, -0.05) is 42.0 Å². The summed E-state index contributed by atoms with van der Waals surface area (Å²) in [5.74, 6) is -0.310. The van der Waals surface area contributed by atoms with E-state index in [1.165, 1.54) is 12.1 Å². The van der Waals surface area contributed by atoms with Crippen LogP contribution in [0.2, 0.25) is 0 Å². The lowest BCUT2D eigenvalue weighted by Crippen LogP contribution is -2.12. The molecule has 5 heteroatoms. The second-order valence-corrected chi connectivity index (χ2v) is 7.19. The molecule has 0 fully saturated rings. The summed E-state index contributed by atoms with van der Waals surface area (Å²) in [5, 5.41) is 0. The Morgan fingerprint density at radius 1 is 0.833 bits per heavy atom. The molecule has 0 radical (unpaired) electrons. The van der Waals surface area contributed by atoms with Gasteiger partial charge in [-0.15, -0.1) is 0 Å². The van der Waals surface area contributed by atoms with Crippen molar-refractivity contribution >= 4 is 15.7 Å². The first-order chi connectivity index (χ1) is 11.4. The topological polar surface area (TPSA) is 46.2 Å². The van der Waals surface area contributed by atoms with E-state index in [1.807, 2.05) is 13.0 Å². The maximum absolute atomic E-state index is 13.0. The SMILES string of the molecule is Cc1ccc(S(=O)(=O)Nc2cccc(-c3ccc(F)cc3)c2)cc1. The highest BCUT2D eigenvalue weighted by atomic mass is 32.2. The van der Waals surface area contributed by atoms with E-state index in [9.17, 15) is 12.8 Å². The molecule has 0 atom stereocenters. The molecule has 1 N–H and O–H groups in total. The van der Waals surface area contributed by atoms with Crippen LogP contribution in [0.25, 0.3) is 11.1 Å². The summed E-state index contributed by atoms with van der Waals surface area (Å²) in [4.78, 5) is 0.209. The Morgan fingerprint density at radius 3 is 2.17 bits per heavy atom. The van der Waals surface area contributed by atoms with Crippen LogP contribution >= 0.6 is 0 Å². The molecule has 3 rings (SSSR count). The van der Waals surface area contributed by atoms with Crippen molar-refractivity contribution in [3.8, 4) is 11.1 Å². The van der Waals surface area contributed by atoms with Crippen LogP contribution in [0.1, 0.15) is 5.56 Å². The van der Waals surface area contributed by atoms with Crippen LogP contribution in [0.3, 0.4) is 0 Å². The van der Waals surface area contributed by atoms with Crippen molar-refractivity contribution < 1.29 is 12.8 Å². The molecular formula is C19H16FNO2S. The average Bonchev–Trinajstić information content (AvgIpc) is 2.56. The summed E-state index contributed by atoms with van der Waals surface area (Å²) in [6, 6.07) is 19.7. The largest absolute Gasteiger partial charge is 0.280 e. The minimum absolute atomic E-state index is 0.209. The molecule has 0 spiro atoms. The maximum atomic E-state index is 13.0. The minimum atomic E-state index is -3.65. The Hall–Kier alpha value is -2.66. The van der Waals surface area contributed by atoms with Gasteiger partial charge in [-0.05, 0) is 54.4 Å². The third kappa shape index (κ3) is 3.63. The van der Waals surface area contributed by atoms with Gasteiger partial charge in [0.25, 0.3) is 10.0 Å². The Morgan fingerprint density at radius 2 is 1.50 bits per heavy atom. The zero-order valence-corrected chi connectivity index (χ0v) is 13.8. The lowest BCUT2D eigenvalue weighted by Gasteiger charge is -2.10. The Kier molecular flexibility index (Phi) is 4.36. The summed E-state index contributed by atoms with van der Waals surface area (Å²) in [7, 11) is -3.65. The molecule has 0 aliphatic rings. The molecule has 0 amide bonds. The zero-order valence-electron chi connectivity index (χ0n) is 13.0. The average molecular weight is 341 g/mol. The number of halogens is 1. The van der Waals surface area contributed by atoms with Gasteiger partial charge in [-0.2, -0.15) is 0 Å². The molecule has 3 aromatic rings. The smallest absolute Gasteiger partial charge is 0.261 e. The molecule has 24 heavy (non-hydrogen) atoms. The fourth-order valence-electron chi connectivity index (χ4n) is 2.34. The minimum Gasteiger partial charge on any atom is -0.280 e. The third-order valence-electron chi connectivity index (χ3n) is 3.62. The molecule has 122 valence electrons. The predicted octanol–water partition coefficient (Wildman–Crippen LogP) is 4.60. The summed E-state index contributed by atoms with van der Waals surface area (Å²) < 4.78 is 40.5. The fourth-order valence-corrected chi connectivity index (χ4v) is 3.39. The summed E-state index contributed by atoms with van der Waals surface area (Å²) in [6.07, 6.45) is 0. The van der Waals surface area contributed by atoms with E-state index >= 15 is 0 Å². The number of nitrogens with one attached hydrogen (secondary N) is 1. The first-order valence-electron chi connectivity index (χ1n) is 7.39. The van der Waals surface area contributed by atoms with E-state index in [1.54, 1.807) is 54.6 Å². The number of benzene rings is 3. The summed E-state index contributed by atoms with van der Waals surface area (Å²) in [5.41, 5.74) is 3.07. The number of rotatable bonds is 4. The van der Waals surface area contributed by atoms with Gasteiger partial charge >= 0.3 is 0 Å². The standard InChI is InChI=1S/C19H16FNO2S/c1-14-5-11-19(12-6-14)24(22,23)21-18-4-2-3-16(13-18)15-7-9-17(20)10-8-15/h2-13,21H,1H3. The van der Waals surface area contributed by atoms with Crippen LogP contribution in [0.4, 0.5) is 10.1 Å². The highest BCUT2D eigenvalue weighted by molar-refractivity contribution is 7.92. The lowest BCUT2D eigenvalue weighted by atomic mass is 10.1. The van der Waals surface area contributed by atoms with E-state index in [4.69, 9.17) is 0 Å². The van der Waals surface area contributed by atoms with Gasteiger partial charge in [0.15, 0.2) is 0 Å². The molecule has 0 saturated heterocycles. The molecular weight excluding hydrogens is 325 g/mol. The Labute approximate surface area is 140 Å². The van der Waals surface area contributed by atoms with Gasteiger partial charge < -0.3 is 0 Å². The first kappa shape index (κ1) is 16.2. The van der Waals surface area contributed by atoms with Crippen molar-refractivity contribution in [1.82, 2.24) is 0 Å². The highest BCUT2D eigenvalue weighted by Gasteiger charge is 2.14. The normalized spacial score (nSPS) is 11.2. The van der Waals surface area contributed by atoms with Crippen molar-refractivity contribution in [3.63, 3.8) is 0 Å². The molecule has 3 nitrogen and oxygen atoms in total. The Balaban J connectivity index is 1.89. The number of sulfonamides is 1. The molecule has 0 aliphatic heterocycles. The van der Waals surface area contributed by atoms with Crippen LogP contribution in [-0.2, 0) is 10.0 Å². The van der Waals surface area contributed by atoms with Crippen LogP contribution in [-0.4, -0.2) is 8.42 Å². The second-order valence-electron chi connectivity index (χ2n) is 5.51. The van der Waals surface area contributed by atoms with Crippen LogP contribution in [0, 0.1) is 12.7 Å². The van der Waals surface area contributed by atoms with Crippen LogP contribution in [0.5, 0.6) is 0 Å². The van der Waals surface area contributed by atoms with Gasteiger partial charge in [-0.25, -0.2) is 12.8 Å². The fraction of sp³-hybridized carbons (Fsp3) is 0.0526. The number of hydrogen-bond donors (Lipinski definition) is 1. The monoisotopic (exact) mass is 341 g/mol. The van der Waals surface area contributed by atoms with E-state index in [0.717, 1.165) is 16.7 Å². The van der Waals surface area contributed by atoms with Gasteiger partial charge in [0.2, 0.25) is 0 Å². The first-order valence-corrected chi connectivity index (χ1v) is 8.88. The van der Waals surface area contributed by atoms with Gasteiger partial charge in [-0.3, -0.25) is 4.72 Å². The molecule has 3 aromatic carbocycles. The molecule has 0 aliphatic carbocycles. The number of aryl methyl sites for hydroxylation is 1. The summed E-state index contributed by atoms with van der Waals surface area (Å²) >= 11 is 0. The maximum Gasteiger partial charge on any atom is 0.261 e. The van der Waals surface area contributed by atoms with E-state index in [0.29, 0.717) is 5.69 Å². The number of anilines is 1. The van der Waals surface area contributed by atoms with Crippen LogP contribution in [0.15, 0.2) is 77.7 Å². The van der Waals surface area contributed by atoms with E-state index in [2.05, 4.69) is 4.72 Å². The van der Waals surface area contributed by atoms with Crippen molar-refractivity contribution in [2.24, 2.45) is 0 Å². The Bertz CT molecular complexity index is 949. The van der Waals surface area contributed by atoms with Crippen LogP contribution < -0.4 is 4.72 Å².